The third-order valence-corrected chi connectivity index (χ3v) is 6.53. The number of carbonyl (C=O) groups excluding carboxylic acids is 2. The van der Waals surface area contributed by atoms with Crippen LogP contribution in [0.1, 0.15) is 89.5 Å². The van der Waals surface area contributed by atoms with Crippen LogP contribution < -0.4 is 10.6 Å². The molecule has 0 unspecified atom stereocenters. The summed E-state index contributed by atoms with van der Waals surface area (Å²) in [5.74, 6) is 0. The Bertz CT molecular complexity index is 1010. The summed E-state index contributed by atoms with van der Waals surface area (Å²) < 4.78 is 10.7. The standard InChI is InChI=1S/C32H44N2O4/c1-23(2)25-13-17-27(18-14-25)31(5,6)33-29(35)37-21-11-9-10-12-22-38-30(36)34-32(7,8)28-19-15-26(16-20-28)24(3)4/h13-20H,1,3,9-12,21-22H2,2,4-8H3,(H,33,35)(H,34,36). The van der Waals surface area contributed by atoms with Gasteiger partial charge in [-0.25, -0.2) is 9.59 Å². The van der Waals surface area contributed by atoms with E-state index in [4.69, 9.17) is 9.47 Å². The molecule has 0 bridgehead atoms. The fraction of sp³-hybridized carbons (Fsp3) is 0.438. The topological polar surface area (TPSA) is 76.7 Å². The van der Waals surface area contributed by atoms with Crippen molar-refractivity contribution in [2.45, 2.75) is 78.3 Å². The number of benzene rings is 2. The number of unbranched alkanes of at least 4 members (excludes halogenated alkanes) is 3. The Morgan fingerprint density at radius 1 is 0.632 bits per heavy atom. The molecule has 0 heterocycles. The molecule has 206 valence electrons. The molecule has 0 aliphatic rings. The third kappa shape index (κ3) is 9.73. The van der Waals surface area contributed by atoms with Crippen molar-refractivity contribution in [3.8, 4) is 0 Å². The monoisotopic (exact) mass is 520 g/mol. The minimum Gasteiger partial charge on any atom is -0.450 e. The molecule has 2 amide bonds. The normalized spacial score (nSPS) is 11.4. The van der Waals surface area contributed by atoms with Crippen LogP contribution in [0.3, 0.4) is 0 Å². The smallest absolute Gasteiger partial charge is 0.407 e. The number of rotatable bonds is 13. The maximum atomic E-state index is 12.3. The highest BCUT2D eigenvalue weighted by Gasteiger charge is 2.24. The zero-order chi connectivity index (χ0) is 28.3. The van der Waals surface area contributed by atoms with Crippen molar-refractivity contribution in [1.82, 2.24) is 10.6 Å². The van der Waals surface area contributed by atoms with E-state index in [-0.39, 0.29) is 0 Å². The van der Waals surface area contributed by atoms with E-state index in [1.165, 1.54) is 0 Å². The van der Waals surface area contributed by atoms with E-state index < -0.39 is 23.3 Å². The van der Waals surface area contributed by atoms with Crippen molar-refractivity contribution < 1.29 is 19.1 Å². The van der Waals surface area contributed by atoms with Gasteiger partial charge in [0.1, 0.15) is 0 Å². The maximum Gasteiger partial charge on any atom is 0.407 e. The number of hydrogen-bond acceptors (Lipinski definition) is 4. The summed E-state index contributed by atoms with van der Waals surface area (Å²) in [4.78, 5) is 24.5. The minimum absolute atomic E-state index is 0.343. The fourth-order valence-electron chi connectivity index (χ4n) is 3.96. The number of alkyl carbamates (subject to hydrolysis) is 2. The summed E-state index contributed by atoms with van der Waals surface area (Å²) in [5, 5.41) is 5.86. The molecular weight excluding hydrogens is 476 g/mol. The van der Waals surface area contributed by atoms with Gasteiger partial charge in [-0.2, -0.15) is 0 Å². The van der Waals surface area contributed by atoms with Crippen LogP contribution in [0.4, 0.5) is 9.59 Å². The van der Waals surface area contributed by atoms with Crippen LogP contribution in [-0.2, 0) is 20.6 Å². The molecule has 6 nitrogen and oxygen atoms in total. The van der Waals surface area contributed by atoms with Gasteiger partial charge in [-0.15, -0.1) is 0 Å². The highest BCUT2D eigenvalue weighted by molar-refractivity contribution is 5.69. The quantitative estimate of drug-likeness (QED) is 0.263. The first-order valence-corrected chi connectivity index (χ1v) is 13.2. The van der Waals surface area contributed by atoms with Crippen molar-refractivity contribution in [3.05, 3.63) is 83.9 Å². The number of allylic oxidation sites excluding steroid dienone is 2. The molecule has 0 fully saturated rings. The van der Waals surface area contributed by atoms with E-state index in [1.807, 2.05) is 90.1 Å². The molecule has 2 aromatic carbocycles. The average molecular weight is 521 g/mol. The summed E-state index contributed by atoms with van der Waals surface area (Å²) in [6.07, 6.45) is 2.39. The molecule has 2 rings (SSSR count). The molecule has 0 aliphatic carbocycles. The van der Waals surface area contributed by atoms with Gasteiger partial charge in [0.05, 0.1) is 24.3 Å². The Hall–Kier alpha value is -3.54. The molecule has 0 saturated carbocycles. The van der Waals surface area contributed by atoms with Gasteiger partial charge in [-0.1, -0.05) is 72.8 Å². The van der Waals surface area contributed by atoms with E-state index in [2.05, 4.69) is 23.8 Å². The van der Waals surface area contributed by atoms with Gasteiger partial charge in [0.25, 0.3) is 0 Å². The third-order valence-electron chi connectivity index (χ3n) is 6.53. The van der Waals surface area contributed by atoms with Crippen LogP contribution in [-0.4, -0.2) is 25.4 Å². The molecule has 0 aromatic heterocycles. The van der Waals surface area contributed by atoms with Gasteiger partial charge >= 0.3 is 12.2 Å². The molecule has 0 radical (unpaired) electrons. The van der Waals surface area contributed by atoms with Gasteiger partial charge in [0.2, 0.25) is 0 Å². The Kier molecular flexibility index (Phi) is 11.2. The van der Waals surface area contributed by atoms with Crippen LogP contribution in [0.2, 0.25) is 0 Å². The van der Waals surface area contributed by atoms with E-state index in [1.54, 1.807) is 0 Å². The highest BCUT2D eigenvalue weighted by Crippen LogP contribution is 2.24. The summed E-state index contributed by atoms with van der Waals surface area (Å²) in [5.41, 5.74) is 5.04. The van der Waals surface area contributed by atoms with Crippen molar-refractivity contribution in [2.24, 2.45) is 0 Å². The van der Waals surface area contributed by atoms with Gasteiger partial charge < -0.3 is 20.1 Å². The summed E-state index contributed by atoms with van der Waals surface area (Å²) in [6.45, 7) is 20.3. The molecule has 2 aromatic rings. The lowest BCUT2D eigenvalue weighted by molar-refractivity contribution is 0.128. The fourth-order valence-corrected chi connectivity index (χ4v) is 3.96. The molecule has 0 spiro atoms. The SMILES string of the molecule is C=C(C)c1ccc(C(C)(C)NC(=O)OCCCCCCOC(=O)NC(C)(C)c2ccc(C(=C)C)cc2)cc1. The largest absolute Gasteiger partial charge is 0.450 e. The van der Waals surface area contributed by atoms with Crippen LogP contribution in [0.25, 0.3) is 11.1 Å². The lowest BCUT2D eigenvalue weighted by atomic mass is 9.93. The average Bonchev–Trinajstić information content (AvgIpc) is 2.85. The Balaban J connectivity index is 1.60. The molecule has 0 atom stereocenters. The lowest BCUT2D eigenvalue weighted by Crippen LogP contribution is -2.41. The number of carbonyl (C=O) groups is 2. The van der Waals surface area contributed by atoms with Crippen molar-refractivity contribution in [2.75, 3.05) is 13.2 Å². The predicted molar refractivity (Wildman–Crippen MR) is 156 cm³/mol. The van der Waals surface area contributed by atoms with E-state index in [0.29, 0.717) is 13.2 Å². The van der Waals surface area contributed by atoms with Gasteiger partial charge in [0, 0.05) is 0 Å². The molecule has 0 aliphatic heterocycles. The van der Waals surface area contributed by atoms with E-state index >= 15 is 0 Å². The summed E-state index contributed by atoms with van der Waals surface area (Å²) in [6, 6.07) is 16.0. The zero-order valence-corrected chi connectivity index (χ0v) is 23.9. The predicted octanol–water partition coefficient (Wildman–Crippen LogP) is 7.94. The van der Waals surface area contributed by atoms with Gasteiger partial charge in [-0.05, 0) is 89.5 Å². The van der Waals surface area contributed by atoms with Crippen LogP contribution in [0.15, 0.2) is 61.7 Å². The Morgan fingerprint density at radius 2 is 0.947 bits per heavy atom. The first-order chi connectivity index (χ1) is 17.8. The number of hydrogen-bond donors (Lipinski definition) is 2. The van der Waals surface area contributed by atoms with E-state index in [9.17, 15) is 9.59 Å². The molecule has 0 saturated heterocycles. The Morgan fingerprint density at radius 3 is 1.24 bits per heavy atom. The zero-order valence-electron chi connectivity index (χ0n) is 23.9. The maximum absolute atomic E-state index is 12.3. The lowest BCUT2D eigenvalue weighted by Gasteiger charge is -2.26. The van der Waals surface area contributed by atoms with Crippen LogP contribution >= 0.6 is 0 Å². The Labute approximate surface area is 228 Å². The molecule has 2 N–H and O–H groups in total. The van der Waals surface area contributed by atoms with Crippen LogP contribution in [0, 0.1) is 0 Å². The molecule has 6 heteroatoms. The molecule has 38 heavy (non-hydrogen) atoms. The number of amides is 2. The first kappa shape index (κ1) is 30.7. The van der Waals surface area contributed by atoms with Gasteiger partial charge in [-0.3, -0.25) is 0 Å². The van der Waals surface area contributed by atoms with Crippen molar-refractivity contribution in [1.29, 1.82) is 0 Å². The first-order valence-electron chi connectivity index (χ1n) is 13.2. The van der Waals surface area contributed by atoms with Crippen molar-refractivity contribution in [3.63, 3.8) is 0 Å². The number of ether oxygens (including phenoxy) is 2. The highest BCUT2D eigenvalue weighted by atomic mass is 16.6. The minimum atomic E-state index is -0.550. The second-order valence-electron chi connectivity index (χ2n) is 10.9. The molecular formula is C32H44N2O4. The van der Waals surface area contributed by atoms with Crippen LogP contribution in [0.5, 0.6) is 0 Å². The summed E-state index contributed by atoms with van der Waals surface area (Å²) in [7, 11) is 0. The van der Waals surface area contributed by atoms with Gasteiger partial charge in [0.15, 0.2) is 0 Å². The summed E-state index contributed by atoms with van der Waals surface area (Å²) >= 11 is 0. The van der Waals surface area contributed by atoms with Crippen molar-refractivity contribution >= 4 is 23.3 Å². The number of nitrogens with one attached hydrogen (secondary N) is 2. The second-order valence-corrected chi connectivity index (χ2v) is 10.9. The second kappa shape index (κ2) is 13.8. The van der Waals surface area contributed by atoms with E-state index in [0.717, 1.165) is 59.1 Å².